The van der Waals surface area contributed by atoms with Crippen molar-refractivity contribution in [3.05, 3.63) is 40.8 Å². The fourth-order valence-corrected chi connectivity index (χ4v) is 2.97. The van der Waals surface area contributed by atoms with Crippen molar-refractivity contribution in [2.24, 2.45) is 0 Å². The highest BCUT2D eigenvalue weighted by atomic mass is 16.5. The second kappa shape index (κ2) is 8.99. The Morgan fingerprint density at radius 3 is 2.84 bits per heavy atom. The van der Waals surface area contributed by atoms with E-state index >= 15 is 0 Å². The molecule has 0 N–H and O–H groups in total. The average molecular weight is 346 g/mol. The van der Waals surface area contributed by atoms with Crippen LogP contribution >= 0.6 is 0 Å². The zero-order chi connectivity index (χ0) is 17.5. The number of fused-ring (bicyclic) bond motifs is 1. The van der Waals surface area contributed by atoms with Crippen LogP contribution in [-0.2, 0) is 4.74 Å². The minimum absolute atomic E-state index is 0.378. The molecule has 0 atom stereocenters. The Kier molecular flexibility index (Phi) is 6.44. The summed E-state index contributed by atoms with van der Waals surface area (Å²) in [6.45, 7) is 7.40. The number of hydrogen-bond donors (Lipinski definition) is 0. The average Bonchev–Trinajstić information content (AvgIpc) is 2.64. The molecule has 0 amide bonds. The molecule has 6 heteroatoms. The molecular weight excluding hydrogens is 320 g/mol. The molecule has 136 valence electrons. The second-order valence-corrected chi connectivity index (χ2v) is 6.39. The molecule has 1 fully saturated rings. The van der Waals surface area contributed by atoms with Gasteiger partial charge in [-0.3, -0.25) is 4.90 Å². The van der Waals surface area contributed by atoms with Crippen LogP contribution in [0.25, 0.3) is 11.0 Å². The molecule has 3 rings (SSSR count). The number of ether oxygens (including phenoxy) is 2. The summed E-state index contributed by atoms with van der Waals surface area (Å²) in [6, 6.07) is 8.86. The Balaban J connectivity index is 1.41. The molecule has 0 aliphatic carbocycles. The SMILES string of the molecule is CN(CCCOc1cc(=O)oc2ccccc12)CCN1CCOCC1. The molecule has 25 heavy (non-hydrogen) atoms. The van der Waals surface area contributed by atoms with Crippen LogP contribution in [0, 0.1) is 0 Å². The highest BCUT2D eigenvalue weighted by molar-refractivity contribution is 5.82. The number of likely N-dealkylation sites (N-methyl/N-ethyl adjacent to an activating group) is 1. The molecule has 0 saturated carbocycles. The molecule has 6 nitrogen and oxygen atoms in total. The summed E-state index contributed by atoms with van der Waals surface area (Å²) in [5.74, 6) is 0.600. The summed E-state index contributed by atoms with van der Waals surface area (Å²) in [4.78, 5) is 16.4. The van der Waals surface area contributed by atoms with Gasteiger partial charge in [-0.1, -0.05) is 12.1 Å². The van der Waals surface area contributed by atoms with E-state index in [1.807, 2.05) is 18.2 Å². The van der Waals surface area contributed by atoms with Crippen LogP contribution < -0.4 is 10.4 Å². The van der Waals surface area contributed by atoms with Gasteiger partial charge in [0.2, 0.25) is 0 Å². The van der Waals surface area contributed by atoms with E-state index in [0.29, 0.717) is 17.9 Å². The summed E-state index contributed by atoms with van der Waals surface area (Å²) in [6.07, 6.45) is 0.911. The van der Waals surface area contributed by atoms with E-state index in [0.717, 1.165) is 57.7 Å². The van der Waals surface area contributed by atoms with Crippen LogP contribution in [0.2, 0.25) is 0 Å². The molecule has 1 aliphatic heterocycles. The number of para-hydroxylation sites is 1. The fourth-order valence-electron chi connectivity index (χ4n) is 2.97. The number of hydrogen-bond acceptors (Lipinski definition) is 6. The molecular formula is C19H26N2O4. The third-order valence-corrected chi connectivity index (χ3v) is 4.46. The van der Waals surface area contributed by atoms with Crippen LogP contribution in [0.1, 0.15) is 6.42 Å². The van der Waals surface area contributed by atoms with Crippen LogP contribution in [0.3, 0.4) is 0 Å². The lowest BCUT2D eigenvalue weighted by Gasteiger charge is -2.28. The van der Waals surface area contributed by atoms with E-state index in [2.05, 4.69) is 16.8 Å². The summed E-state index contributed by atoms with van der Waals surface area (Å²) in [5.41, 5.74) is 0.184. The lowest BCUT2D eigenvalue weighted by molar-refractivity contribution is 0.0343. The van der Waals surface area contributed by atoms with Gasteiger partial charge in [-0.25, -0.2) is 4.79 Å². The molecule has 0 radical (unpaired) electrons. The van der Waals surface area contributed by atoms with E-state index in [9.17, 15) is 4.79 Å². The van der Waals surface area contributed by atoms with Crippen LogP contribution in [0.4, 0.5) is 0 Å². The van der Waals surface area contributed by atoms with Crippen molar-refractivity contribution in [1.29, 1.82) is 0 Å². The topological polar surface area (TPSA) is 55.2 Å². The van der Waals surface area contributed by atoms with Crippen molar-refractivity contribution >= 4 is 11.0 Å². The molecule has 1 aliphatic rings. The van der Waals surface area contributed by atoms with Gasteiger partial charge in [-0.2, -0.15) is 0 Å². The summed E-state index contributed by atoms with van der Waals surface area (Å²) in [5, 5.41) is 0.836. The number of benzene rings is 1. The molecule has 0 unspecified atom stereocenters. The first-order chi connectivity index (χ1) is 12.2. The largest absolute Gasteiger partial charge is 0.492 e. The number of morpholine rings is 1. The maximum atomic E-state index is 11.6. The van der Waals surface area contributed by atoms with Crippen molar-refractivity contribution < 1.29 is 13.9 Å². The Morgan fingerprint density at radius 1 is 1.20 bits per heavy atom. The Labute approximate surface area is 147 Å². The van der Waals surface area contributed by atoms with E-state index in [1.165, 1.54) is 6.07 Å². The first-order valence-electron chi connectivity index (χ1n) is 8.87. The molecule has 2 heterocycles. The van der Waals surface area contributed by atoms with Gasteiger partial charge in [-0.05, 0) is 25.6 Å². The predicted molar refractivity (Wildman–Crippen MR) is 97.4 cm³/mol. The number of nitrogens with zero attached hydrogens (tertiary/aromatic N) is 2. The first kappa shape index (κ1) is 17.9. The minimum Gasteiger partial charge on any atom is -0.492 e. The van der Waals surface area contributed by atoms with Gasteiger partial charge >= 0.3 is 5.63 Å². The van der Waals surface area contributed by atoms with Gasteiger partial charge in [0.15, 0.2) is 0 Å². The van der Waals surface area contributed by atoms with E-state index in [4.69, 9.17) is 13.9 Å². The monoisotopic (exact) mass is 346 g/mol. The predicted octanol–water partition coefficient (Wildman–Crippen LogP) is 1.83. The van der Waals surface area contributed by atoms with E-state index in [-0.39, 0.29) is 5.63 Å². The van der Waals surface area contributed by atoms with Crippen LogP contribution in [0.5, 0.6) is 5.75 Å². The van der Waals surface area contributed by atoms with Gasteiger partial charge in [0.05, 0.1) is 31.3 Å². The van der Waals surface area contributed by atoms with Crippen LogP contribution in [0.15, 0.2) is 39.5 Å². The smallest absolute Gasteiger partial charge is 0.339 e. The van der Waals surface area contributed by atoms with Crippen molar-refractivity contribution in [3.8, 4) is 5.75 Å². The third kappa shape index (κ3) is 5.29. The zero-order valence-corrected chi connectivity index (χ0v) is 14.8. The van der Waals surface area contributed by atoms with Crippen molar-refractivity contribution in [2.45, 2.75) is 6.42 Å². The highest BCUT2D eigenvalue weighted by Gasteiger charge is 2.11. The highest BCUT2D eigenvalue weighted by Crippen LogP contribution is 2.23. The molecule has 0 spiro atoms. The minimum atomic E-state index is -0.378. The lowest BCUT2D eigenvalue weighted by atomic mass is 10.2. The van der Waals surface area contributed by atoms with Crippen molar-refractivity contribution in [1.82, 2.24) is 9.80 Å². The summed E-state index contributed by atoms with van der Waals surface area (Å²) in [7, 11) is 2.13. The normalized spacial score (nSPS) is 15.8. The van der Waals surface area contributed by atoms with Gasteiger partial charge in [-0.15, -0.1) is 0 Å². The van der Waals surface area contributed by atoms with Gasteiger partial charge in [0.25, 0.3) is 0 Å². The fraction of sp³-hybridized carbons (Fsp3) is 0.526. The standard InChI is InChI=1S/C19H26N2O4/c1-20(8-9-21-10-13-23-14-11-21)7-4-12-24-18-15-19(22)25-17-6-3-2-5-16(17)18/h2-3,5-6,15H,4,7-14H2,1H3. The summed E-state index contributed by atoms with van der Waals surface area (Å²) < 4.78 is 16.4. The second-order valence-electron chi connectivity index (χ2n) is 6.39. The first-order valence-corrected chi connectivity index (χ1v) is 8.87. The zero-order valence-electron chi connectivity index (χ0n) is 14.8. The number of rotatable bonds is 8. The Hall–Kier alpha value is -1.89. The van der Waals surface area contributed by atoms with Crippen LogP contribution in [-0.4, -0.2) is 69.4 Å². The lowest BCUT2D eigenvalue weighted by Crippen LogP contribution is -2.40. The molecule has 1 aromatic heterocycles. The third-order valence-electron chi connectivity index (χ3n) is 4.46. The van der Waals surface area contributed by atoms with Gasteiger partial charge < -0.3 is 18.8 Å². The quantitative estimate of drug-likeness (QED) is 0.537. The van der Waals surface area contributed by atoms with E-state index in [1.54, 1.807) is 6.07 Å². The van der Waals surface area contributed by atoms with Gasteiger partial charge in [0, 0.05) is 32.7 Å². The maximum absolute atomic E-state index is 11.6. The maximum Gasteiger partial charge on any atom is 0.339 e. The Morgan fingerprint density at radius 2 is 2.00 bits per heavy atom. The van der Waals surface area contributed by atoms with E-state index < -0.39 is 0 Å². The Bertz CT molecular complexity index is 725. The summed E-state index contributed by atoms with van der Waals surface area (Å²) >= 11 is 0. The molecule has 1 saturated heterocycles. The molecule has 0 bridgehead atoms. The molecule has 2 aromatic rings. The van der Waals surface area contributed by atoms with Crippen molar-refractivity contribution in [3.63, 3.8) is 0 Å². The van der Waals surface area contributed by atoms with Crippen molar-refractivity contribution in [2.75, 3.05) is 59.6 Å². The van der Waals surface area contributed by atoms with Gasteiger partial charge in [0.1, 0.15) is 11.3 Å². The molecule has 1 aromatic carbocycles.